The number of hydrogen-bond acceptors (Lipinski definition) is 4. The number of methoxy groups -OCH3 is 2. The van der Waals surface area contributed by atoms with Gasteiger partial charge in [0.1, 0.15) is 11.5 Å². The zero-order valence-corrected chi connectivity index (χ0v) is 12.5. The highest BCUT2D eigenvalue weighted by atomic mass is 16.5. The second-order valence-electron chi connectivity index (χ2n) is 4.58. The normalized spacial score (nSPS) is 13.0. The summed E-state index contributed by atoms with van der Waals surface area (Å²) in [6.07, 6.45) is 0. The van der Waals surface area contributed by atoms with Gasteiger partial charge >= 0.3 is 12.0 Å². The molecule has 1 aromatic carbocycles. The monoisotopic (exact) mass is 296 g/mol. The molecule has 0 saturated carbocycles. The molecular formula is C14H20N2O5. The minimum atomic E-state index is -0.971. The second kappa shape index (κ2) is 7.37. The molecule has 3 N–H and O–H groups in total. The van der Waals surface area contributed by atoms with Gasteiger partial charge in [-0.15, -0.1) is 0 Å². The zero-order valence-electron chi connectivity index (χ0n) is 12.5. The van der Waals surface area contributed by atoms with Crippen LogP contribution in [0.15, 0.2) is 18.2 Å². The Morgan fingerprint density at radius 2 is 1.86 bits per heavy atom. The Labute approximate surface area is 123 Å². The van der Waals surface area contributed by atoms with Gasteiger partial charge in [0.05, 0.1) is 25.8 Å². The van der Waals surface area contributed by atoms with Crippen LogP contribution in [0.5, 0.6) is 11.5 Å². The number of nitrogens with one attached hydrogen (secondary N) is 2. The standard InChI is InChI=1S/C14H20N2O5/c1-8(13(17)18)9(2)15-14(19)16-11-7-10(20-3)5-6-12(11)21-4/h5-9H,1-4H3,(H,17,18)(H2,15,16,19). The van der Waals surface area contributed by atoms with Gasteiger partial charge < -0.3 is 25.2 Å². The van der Waals surface area contributed by atoms with Crippen LogP contribution in [0.2, 0.25) is 0 Å². The SMILES string of the molecule is COc1ccc(OC)c(NC(=O)NC(C)C(C)C(=O)O)c1. The molecule has 0 aliphatic rings. The van der Waals surface area contributed by atoms with Gasteiger partial charge in [0.2, 0.25) is 0 Å². The molecule has 0 saturated heterocycles. The third-order valence-electron chi connectivity index (χ3n) is 3.15. The maximum Gasteiger partial charge on any atom is 0.319 e. The van der Waals surface area contributed by atoms with Crippen LogP contribution in [0, 0.1) is 5.92 Å². The molecule has 7 nitrogen and oxygen atoms in total. The van der Waals surface area contributed by atoms with Gasteiger partial charge in [0, 0.05) is 12.1 Å². The molecule has 2 atom stereocenters. The summed E-state index contributed by atoms with van der Waals surface area (Å²) in [7, 11) is 3.00. The molecule has 1 aromatic rings. The summed E-state index contributed by atoms with van der Waals surface area (Å²) >= 11 is 0. The van der Waals surface area contributed by atoms with Crippen LogP contribution in [-0.4, -0.2) is 37.4 Å². The van der Waals surface area contributed by atoms with Gasteiger partial charge in [-0.05, 0) is 26.0 Å². The van der Waals surface area contributed by atoms with E-state index in [1.54, 1.807) is 25.1 Å². The van der Waals surface area contributed by atoms with E-state index in [1.807, 2.05) is 0 Å². The summed E-state index contributed by atoms with van der Waals surface area (Å²) in [5.41, 5.74) is 0.435. The van der Waals surface area contributed by atoms with E-state index < -0.39 is 24.0 Å². The summed E-state index contributed by atoms with van der Waals surface area (Å²) in [5, 5.41) is 14.1. The van der Waals surface area contributed by atoms with Crippen molar-refractivity contribution in [2.45, 2.75) is 19.9 Å². The first-order valence-corrected chi connectivity index (χ1v) is 6.41. The van der Waals surface area contributed by atoms with Crippen molar-refractivity contribution in [1.82, 2.24) is 5.32 Å². The number of carbonyl (C=O) groups is 2. The molecule has 0 radical (unpaired) electrons. The number of aliphatic carboxylic acids is 1. The quantitative estimate of drug-likeness (QED) is 0.745. The molecule has 116 valence electrons. The van der Waals surface area contributed by atoms with Crippen molar-refractivity contribution in [3.8, 4) is 11.5 Å². The summed E-state index contributed by atoms with van der Waals surface area (Å²) in [5.74, 6) is -0.618. The Morgan fingerprint density at radius 3 is 2.38 bits per heavy atom. The molecule has 21 heavy (non-hydrogen) atoms. The Morgan fingerprint density at radius 1 is 1.19 bits per heavy atom. The fourth-order valence-electron chi connectivity index (χ4n) is 1.62. The Hall–Kier alpha value is -2.44. The van der Waals surface area contributed by atoms with Gasteiger partial charge in [-0.3, -0.25) is 4.79 Å². The minimum absolute atomic E-state index is 0.435. The molecule has 0 fully saturated rings. The lowest BCUT2D eigenvalue weighted by Gasteiger charge is -2.19. The molecular weight excluding hydrogens is 276 g/mol. The summed E-state index contributed by atoms with van der Waals surface area (Å²) in [4.78, 5) is 22.8. The predicted molar refractivity (Wildman–Crippen MR) is 78.0 cm³/mol. The van der Waals surface area contributed by atoms with Crippen LogP contribution in [0.4, 0.5) is 10.5 Å². The van der Waals surface area contributed by atoms with Gasteiger partial charge in [-0.2, -0.15) is 0 Å². The van der Waals surface area contributed by atoms with E-state index in [-0.39, 0.29) is 0 Å². The molecule has 7 heteroatoms. The van der Waals surface area contributed by atoms with Crippen LogP contribution in [0.3, 0.4) is 0 Å². The maximum atomic E-state index is 11.9. The van der Waals surface area contributed by atoms with Crippen LogP contribution >= 0.6 is 0 Å². The number of carboxylic acid groups (broad SMARTS) is 1. The number of amides is 2. The number of anilines is 1. The first kappa shape index (κ1) is 16.6. The van der Waals surface area contributed by atoms with Crippen molar-refractivity contribution in [3.05, 3.63) is 18.2 Å². The Kier molecular flexibility index (Phi) is 5.83. The highest BCUT2D eigenvalue weighted by Crippen LogP contribution is 2.28. The molecule has 2 amide bonds. The number of benzene rings is 1. The van der Waals surface area contributed by atoms with E-state index in [9.17, 15) is 9.59 Å². The fraction of sp³-hybridized carbons (Fsp3) is 0.429. The van der Waals surface area contributed by atoms with E-state index in [1.165, 1.54) is 21.1 Å². The van der Waals surface area contributed by atoms with Crippen LogP contribution in [-0.2, 0) is 4.79 Å². The molecule has 1 rings (SSSR count). The number of urea groups is 1. The highest BCUT2D eigenvalue weighted by molar-refractivity contribution is 5.91. The molecule has 0 aliphatic carbocycles. The molecule has 0 aromatic heterocycles. The van der Waals surface area contributed by atoms with Crippen LogP contribution in [0.1, 0.15) is 13.8 Å². The van der Waals surface area contributed by atoms with E-state index in [4.69, 9.17) is 14.6 Å². The Balaban J connectivity index is 2.76. The summed E-state index contributed by atoms with van der Waals surface area (Å²) in [6, 6.07) is 3.96. The lowest BCUT2D eigenvalue weighted by molar-refractivity contribution is -0.141. The maximum absolute atomic E-state index is 11.9. The van der Waals surface area contributed by atoms with Gasteiger partial charge in [-0.25, -0.2) is 4.79 Å². The second-order valence-corrected chi connectivity index (χ2v) is 4.58. The number of rotatable bonds is 6. The van der Waals surface area contributed by atoms with Crippen molar-refractivity contribution in [2.75, 3.05) is 19.5 Å². The smallest absolute Gasteiger partial charge is 0.319 e. The molecule has 0 bridgehead atoms. The average Bonchev–Trinajstić information content (AvgIpc) is 2.45. The van der Waals surface area contributed by atoms with Crippen molar-refractivity contribution in [3.63, 3.8) is 0 Å². The molecule has 2 unspecified atom stereocenters. The number of carboxylic acids is 1. The lowest BCUT2D eigenvalue weighted by Crippen LogP contribution is -2.42. The van der Waals surface area contributed by atoms with Crippen molar-refractivity contribution >= 4 is 17.7 Å². The first-order valence-electron chi connectivity index (χ1n) is 6.41. The van der Waals surface area contributed by atoms with Crippen molar-refractivity contribution in [1.29, 1.82) is 0 Å². The highest BCUT2D eigenvalue weighted by Gasteiger charge is 2.21. The van der Waals surface area contributed by atoms with Crippen molar-refractivity contribution in [2.24, 2.45) is 5.92 Å². The third-order valence-corrected chi connectivity index (χ3v) is 3.15. The molecule has 0 aliphatic heterocycles. The lowest BCUT2D eigenvalue weighted by atomic mass is 10.0. The fourth-order valence-corrected chi connectivity index (χ4v) is 1.62. The topological polar surface area (TPSA) is 96.9 Å². The number of hydrogen-bond donors (Lipinski definition) is 3. The molecule has 0 heterocycles. The largest absolute Gasteiger partial charge is 0.497 e. The van der Waals surface area contributed by atoms with Crippen molar-refractivity contribution < 1.29 is 24.2 Å². The van der Waals surface area contributed by atoms with E-state index in [2.05, 4.69) is 10.6 Å². The van der Waals surface area contributed by atoms with E-state index in [0.717, 1.165) is 0 Å². The van der Waals surface area contributed by atoms with Crippen LogP contribution in [0.25, 0.3) is 0 Å². The van der Waals surface area contributed by atoms with Crippen LogP contribution < -0.4 is 20.1 Å². The van der Waals surface area contributed by atoms with E-state index in [0.29, 0.717) is 17.2 Å². The van der Waals surface area contributed by atoms with Gasteiger partial charge in [-0.1, -0.05) is 0 Å². The minimum Gasteiger partial charge on any atom is -0.497 e. The summed E-state index contributed by atoms with van der Waals surface area (Å²) in [6.45, 7) is 3.15. The first-order chi connectivity index (χ1) is 9.88. The van der Waals surface area contributed by atoms with Gasteiger partial charge in [0.15, 0.2) is 0 Å². The van der Waals surface area contributed by atoms with Gasteiger partial charge in [0.25, 0.3) is 0 Å². The number of carbonyl (C=O) groups excluding carboxylic acids is 1. The third kappa shape index (κ3) is 4.55. The zero-order chi connectivity index (χ0) is 16.0. The Bertz CT molecular complexity index is 518. The van der Waals surface area contributed by atoms with E-state index >= 15 is 0 Å². The summed E-state index contributed by atoms with van der Waals surface area (Å²) < 4.78 is 10.2. The molecule has 0 spiro atoms. The number of ether oxygens (including phenoxy) is 2. The average molecular weight is 296 g/mol. The predicted octanol–water partition coefficient (Wildman–Crippen LogP) is 1.93.